The molecule has 2 fully saturated rings. The van der Waals surface area contributed by atoms with Gasteiger partial charge in [0.05, 0.1) is 0 Å². The number of nitrogens with one attached hydrogen (secondary N) is 2. The van der Waals surface area contributed by atoms with Gasteiger partial charge < -0.3 is 10.6 Å². The molecule has 2 aliphatic rings. The van der Waals surface area contributed by atoms with Crippen molar-refractivity contribution in [2.75, 3.05) is 11.9 Å². The third kappa shape index (κ3) is 2.88. The molecular formula is C17H24N2O. The molecule has 0 radical (unpaired) electrons. The molecule has 1 aromatic rings. The molecule has 3 heteroatoms. The van der Waals surface area contributed by atoms with Crippen LogP contribution in [0.3, 0.4) is 0 Å². The van der Waals surface area contributed by atoms with Crippen molar-refractivity contribution < 1.29 is 4.79 Å². The molecule has 2 N–H and O–H groups in total. The quantitative estimate of drug-likeness (QED) is 0.863. The molecule has 20 heavy (non-hydrogen) atoms. The summed E-state index contributed by atoms with van der Waals surface area (Å²) in [5.74, 6) is 2.17. The Morgan fingerprint density at radius 1 is 1.20 bits per heavy atom. The Bertz CT molecular complexity index is 472. The average molecular weight is 272 g/mol. The second-order valence-electron chi connectivity index (χ2n) is 6.31. The lowest BCUT2D eigenvalue weighted by Crippen LogP contribution is -2.21. The fourth-order valence-corrected chi connectivity index (χ4v) is 3.45. The number of rotatable bonds is 5. The minimum atomic E-state index is 0.213. The van der Waals surface area contributed by atoms with Gasteiger partial charge in [0.15, 0.2) is 0 Å². The van der Waals surface area contributed by atoms with Crippen molar-refractivity contribution in [1.29, 1.82) is 0 Å². The highest BCUT2D eigenvalue weighted by molar-refractivity contribution is 5.92. The molecule has 0 bridgehead atoms. The first-order valence-corrected chi connectivity index (χ1v) is 7.81. The highest BCUT2D eigenvalue weighted by atomic mass is 16.1. The highest BCUT2D eigenvalue weighted by Crippen LogP contribution is 2.54. The van der Waals surface area contributed by atoms with Crippen LogP contribution in [0.15, 0.2) is 24.3 Å². The Balaban J connectivity index is 1.56. The number of carbonyl (C=O) groups is 1. The summed E-state index contributed by atoms with van der Waals surface area (Å²) in [5, 5.41) is 6.45. The van der Waals surface area contributed by atoms with Crippen LogP contribution in [-0.2, 0) is 4.79 Å². The van der Waals surface area contributed by atoms with Gasteiger partial charge in [-0.3, -0.25) is 4.79 Å². The lowest BCUT2D eigenvalue weighted by Gasteiger charge is -2.15. The van der Waals surface area contributed by atoms with Gasteiger partial charge in [-0.05, 0) is 62.3 Å². The Labute approximate surface area is 121 Å². The van der Waals surface area contributed by atoms with Crippen molar-refractivity contribution in [2.24, 2.45) is 17.8 Å². The third-order valence-electron chi connectivity index (χ3n) is 4.80. The fraction of sp³-hybridized carbons (Fsp3) is 0.588. The Hall–Kier alpha value is -1.35. The summed E-state index contributed by atoms with van der Waals surface area (Å²) < 4.78 is 0. The van der Waals surface area contributed by atoms with Crippen LogP contribution in [0.5, 0.6) is 0 Å². The maximum atomic E-state index is 12.2. The van der Waals surface area contributed by atoms with Gasteiger partial charge in [-0.15, -0.1) is 0 Å². The topological polar surface area (TPSA) is 41.1 Å². The summed E-state index contributed by atoms with van der Waals surface area (Å²) in [6.45, 7) is 5.23. The van der Waals surface area contributed by atoms with Gasteiger partial charge in [-0.1, -0.05) is 19.1 Å². The second kappa shape index (κ2) is 5.57. The second-order valence-corrected chi connectivity index (χ2v) is 6.31. The van der Waals surface area contributed by atoms with Crippen LogP contribution in [0.2, 0.25) is 0 Å². The van der Waals surface area contributed by atoms with Crippen molar-refractivity contribution in [2.45, 2.75) is 39.2 Å². The molecule has 3 atom stereocenters. The van der Waals surface area contributed by atoms with Crippen LogP contribution >= 0.6 is 0 Å². The van der Waals surface area contributed by atoms with Gasteiger partial charge >= 0.3 is 0 Å². The van der Waals surface area contributed by atoms with E-state index < -0.39 is 0 Å². The minimum absolute atomic E-state index is 0.213. The average Bonchev–Trinajstić information content (AvgIpc) is 3.06. The zero-order valence-corrected chi connectivity index (χ0v) is 12.4. The molecule has 3 rings (SSSR count). The van der Waals surface area contributed by atoms with Gasteiger partial charge in [-0.2, -0.15) is 0 Å². The predicted molar refractivity (Wildman–Crippen MR) is 81.5 cm³/mol. The van der Waals surface area contributed by atoms with Gasteiger partial charge in [0, 0.05) is 17.6 Å². The zero-order chi connectivity index (χ0) is 14.1. The molecule has 1 amide bonds. The fourth-order valence-electron chi connectivity index (χ4n) is 3.45. The first kappa shape index (κ1) is 13.6. The number of fused-ring (bicyclic) bond motifs is 1. The van der Waals surface area contributed by atoms with Gasteiger partial charge in [0.25, 0.3) is 0 Å². The monoisotopic (exact) mass is 272 g/mol. The summed E-state index contributed by atoms with van der Waals surface area (Å²) >= 11 is 0. The van der Waals surface area contributed by atoms with E-state index in [0.29, 0.717) is 6.04 Å². The van der Waals surface area contributed by atoms with E-state index in [-0.39, 0.29) is 11.8 Å². The summed E-state index contributed by atoms with van der Waals surface area (Å²) in [4.78, 5) is 12.2. The van der Waals surface area contributed by atoms with Crippen molar-refractivity contribution in [3.63, 3.8) is 0 Å². The SMILES string of the molecule is CCNC(C)c1ccc(NC(=O)C2CC3CC3C2)cc1. The summed E-state index contributed by atoms with van der Waals surface area (Å²) in [6, 6.07) is 8.56. The summed E-state index contributed by atoms with van der Waals surface area (Å²) in [6.07, 6.45) is 3.57. The van der Waals surface area contributed by atoms with E-state index in [1.807, 2.05) is 12.1 Å². The van der Waals surface area contributed by atoms with Gasteiger partial charge in [-0.25, -0.2) is 0 Å². The minimum Gasteiger partial charge on any atom is -0.326 e. The number of hydrogen-bond donors (Lipinski definition) is 2. The van der Waals surface area contributed by atoms with Crippen molar-refractivity contribution >= 4 is 11.6 Å². The standard InChI is InChI=1S/C17H24N2O/c1-3-18-11(2)12-4-6-16(7-5-12)19-17(20)15-9-13-8-14(13)10-15/h4-7,11,13-15,18H,3,8-10H2,1-2H3,(H,19,20). The number of hydrogen-bond acceptors (Lipinski definition) is 2. The van der Waals surface area contributed by atoms with Crippen LogP contribution in [0.4, 0.5) is 5.69 Å². The highest BCUT2D eigenvalue weighted by Gasteiger charge is 2.47. The molecular weight excluding hydrogens is 248 g/mol. The number of carbonyl (C=O) groups excluding carboxylic acids is 1. The van der Waals surface area contributed by atoms with Gasteiger partial charge in [0.2, 0.25) is 5.91 Å². The van der Waals surface area contributed by atoms with Crippen LogP contribution < -0.4 is 10.6 Å². The largest absolute Gasteiger partial charge is 0.326 e. The molecule has 3 nitrogen and oxygen atoms in total. The van der Waals surface area contributed by atoms with Crippen LogP contribution in [0, 0.1) is 17.8 Å². The van der Waals surface area contributed by atoms with E-state index >= 15 is 0 Å². The number of benzene rings is 1. The first-order valence-electron chi connectivity index (χ1n) is 7.81. The maximum absolute atomic E-state index is 12.2. The molecule has 2 saturated carbocycles. The van der Waals surface area contributed by atoms with Crippen LogP contribution in [0.25, 0.3) is 0 Å². The Morgan fingerprint density at radius 2 is 1.85 bits per heavy atom. The number of anilines is 1. The first-order chi connectivity index (χ1) is 9.67. The Kier molecular flexibility index (Phi) is 3.79. The number of amides is 1. The Morgan fingerprint density at radius 3 is 2.45 bits per heavy atom. The molecule has 108 valence electrons. The maximum Gasteiger partial charge on any atom is 0.227 e. The molecule has 0 aromatic heterocycles. The lowest BCUT2D eigenvalue weighted by atomic mass is 10.0. The molecule has 0 spiro atoms. The molecule has 0 heterocycles. The predicted octanol–water partition coefficient (Wildman–Crippen LogP) is 3.34. The summed E-state index contributed by atoms with van der Waals surface area (Å²) in [5.41, 5.74) is 2.18. The van der Waals surface area contributed by atoms with Crippen molar-refractivity contribution in [1.82, 2.24) is 5.32 Å². The van der Waals surface area contributed by atoms with E-state index in [4.69, 9.17) is 0 Å². The van der Waals surface area contributed by atoms with Crippen LogP contribution in [0.1, 0.15) is 44.7 Å². The van der Waals surface area contributed by atoms with Crippen molar-refractivity contribution in [3.05, 3.63) is 29.8 Å². The third-order valence-corrected chi connectivity index (χ3v) is 4.80. The molecule has 3 unspecified atom stereocenters. The molecule has 0 saturated heterocycles. The van der Waals surface area contributed by atoms with E-state index in [1.165, 1.54) is 12.0 Å². The smallest absolute Gasteiger partial charge is 0.227 e. The van der Waals surface area contributed by atoms with Crippen LogP contribution in [-0.4, -0.2) is 12.5 Å². The molecule has 0 aliphatic heterocycles. The van der Waals surface area contributed by atoms with E-state index in [0.717, 1.165) is 36.9 Å². The summed E-state index contributed by atoms with van der Waals surface area (Å²) in [7, 11) is 0. The lowest BCUT2D eigenvalue weighted by molar-refractivity contribution is -0.120. The van der Waals surface area contributed by atoms with E-state index in [2.05, 4.69) is 36.6 Å². The van der Waals surface area contributed by atoms with E-state index in [1.54, 1.807) is 0 Å². The van der Waals surface area contributed by atoms with Crippen molar-refractivity contribution in [3.8, 4) is 0 Å². The molecule has 1 aromatic carbocycles. The van der Waals surface area contributed by atoms with Gasteiger partial charge in [0.1, 0.15) is 0 Å². The normalized spacial score (nSPS) is 28.8. The zero-order valence-electron chi connectivity index (χ0n) is 12.4. The molecule has 2 aliphatic carbocycles. The van der Waals surface area contributed by atoms with E-state index in [9.17, 15) is 4.79 Å².